The van der Waals surface area contributed by atoms with Crippen LogP contribution in [0.4, 0.5) is 5.69 Å². The van der Waals surface area contributed by atoms with E-state index < -0.39 is 0 Å². The highest BCUT2D eigenvalue weighted by atomic mass is 35.5. The van der Waals surface area contributed by atoms with Gasteiger partial charge in [-0.2, -0.15) is 0 Å². The van der Waals surface area contributed by atoms with Crippen LogP contribution in [0, 0.1) is 0 Å². The molecule has 0 amide bonds. The Kier molecular flexibility index (Phi) is 4.37. The first-order chi connectivity index (χ1) is 8.16. The van der Waals surface area contributed by atoms with Gasteiger partial charge in [0.05, 0.1) is 10.0 Å². The number of benzene rings is 1. The summed E-state index contributed by atoms with van der Waals surface area (Å²) in [7, 11) is 0. The monoisotopic (exact) mass is 274 g/mol. The highest BCUT2D eigenvalue weighted by Gasteiger charge is 2.12. The maximum absolute atomic E-state index is 6.03. The fourth-order valence-electron chi connectivity index (χ4n) is 2.00. The Hall–Kier alpha value is -0.640. The molecule has 0 saturated carbocycles. The second kappa shape index (κ2) is 5.80. The van der Waals surface area contributed by atoms with Gasteiger partial charge in [0, 0.05) is 12.2 Å². The molecule has 3 nitrogen and oxygen atoms in total. The Labute approximate surface area is 111 Å². The largest absolute Gasteiger partial charge is 0.489 e. The van der Waals surface area contributed by atoms with Crippen molar-refractivity contribution in [1.29, 1.82) is 0 Å². The van der Waals surface area contributed by atoms with Gasteiger partial charge < -0.3 is 10.5 Å². The highest BCUT2D eigenvalue weighted by Crippen LogP contribution is 2.34. The molecule has 1 saturated heterocycles. The summed E-state index contributed by atoms with van der Waals surface area (Å²) in [6, 6.07) is 3.30. The van der Waals surface area contributed by atoms with E-state index in [1.54, 1.807) is 12.1 Å². The van der Waals surface area contributed by atoms with Crippen molar-refractivity contribution in [3.63, 3.8) is 0 Å². The third-order valence-corrected chi connectivity index (χ3v) is 3.43. The maximum atomic E-state index is 6.03. The molecule has 1 fully saturated rings. The van der Waals surface area contributed by atoms with E-state index in [4.69, 9.17) is 33.7 Å². The predicted octanol–water partition coefficient (Wildman–Crippen LogP) is 3.05. The Balaban J connectivity index is 1.89. The van der Waals surface area contributed by atoms with E-state index in [1.165, 1.54) is 12.8 Å². The van der Waals surface area contributed by atoms with Gasteiger partial charge >= 0.3 is 0 Å². The summed E-state index contributed by atoms with van der Waals surface area (Å²) in [5, 5.41) is 0.938. The first-order valence-corrected chi connectivity index (χ1v) is 6.52. The summed E-state index contributed by atoms with van der Waals surface area (Å²) in [5.41, 5.74) is 6.17. The van der Waals surface area contributed by atoms with Crippen LogP contribution in [0.25, 0.3) is 0 Å². The molecule has 0 unspecified atom stereocenters. The minimum absolute atomic E-state index is 0.469. The van der Waals surface area contributed by atoms with Crippen LogP contribution in [-0.2, 0) is 0 Å². The lowest BCUT2D eigenvalue weighted by molar-refractivity contribution is 0.238. The van der Waals surface area contributed by atoms with Gasteiger partial charge in [-0.15, -0.1) is 0 Å². The Morgan fingerprint density at radius 3 is 2.35 bits per heavy atom. The second-order valence-electron chi connectivity index (χ2n) is 4.21. The number of ether oxygens (including phenoxy) is 1. The lowest BCUT2D eigenvalue weighted by atomic mass is 10.3. The van der Waals surface area contributed by atoms with Gasteiger partial charge in [0.1, 0.15) is 6.61 Å². The molecule has 1 aliphatic rings. The van der Waals surface area contributed by atoms with E-state index >= 15 is 0 Å². The smallest absolute Gasteiger partial charge is 0.156 e. The minimum atomic E-state index is 0.469. The summed E-state index contributed by atoms with van der Waals surface area (Å²) in [6.07, 6.45) is 2.56. The van der Waals surface area contributed by atoms with Crippen LogP contribution in [0.2, 0.25) is 10.0 Å². The predicted molar refractivity (Wildman–Crippen MR) is 72.0 cm³/mol. The second-order valence-corrected chi connectivity index (χ2v) is 5.03. The van der Waals surface area contributed by atoms with Crippen molar-refractivity contribution in [3.05, 3.63) is 22.2 Å². The van der Waals surface area contributed by atoms with Crippen molar-refractivity contribution in [3.8, 4) is 5.75 Å². The molecule has 2 rings (SSSR count). The molecule has 1 aromatic rings. The van der Waals surface area contributed by atoms with Crippen LogP contribution in [0.5, 0.6) is 5.75 Å². The lowest BCUT2D eigenvalue weighted by Gasteiger charge is -2.16. The van der Waals surface area contributed by atoms with Crippen molar-refractivity contribution < 1.29 is 4.74 Å². The quantitative estimate of drug-likeness (QED) is 0.858. The van der Waals surface area contributed by atoms with Gasteiger partial charge in [0.25, 0.3) is 0 Å². The van der Waals surface area contributed by atoms with Crippen molar-refractivity contribution in [2.24, 2.45) is 0 Å². The van der Waals surface area contributed by atoms with Gasteiger partial charge in [-0.3, -0.25) is 4.90 Å². The molecular formula is C12H16Cl2N2O. The molecule has 0 bridgehead atoms. The first kappa shape index (κ1) is 12.8. The Bertz CT molecular complexity index is 369. The number of hydrogen-bond acceptors (Lipinski definition) is 3. The van der Waals surface area contributed by atoms with Crippen LogP contribution < -0.4 is 10.5 Å². The number of anilines is 1. The van der Waals surface area contributed by atoms with Crippen LogP contribution in [-0.4, -0.2) is 31.1 Å². The molecule has 5 heteroatoms. The average molecular weight is 275 g/mol. The third kappa shape index (κ3) is 3.41. The topological polar surface area (TPSA) is 38.5 Å². The van der Waals surface area contributed by atoms with E-state index in [0.29, 0.717) is 28.1 Å². The van der Waals surface area contributed by atoms with E-state index in [0.717, 1.165) is 19.6 Å². The molecule has 0 spiro atoms. The molecule has 1 aliphatic heterocycles. The third-order valence-electron chi connectivity index (χ3n) is 2.87. The summed E-state index contributed by atoms with van der Waals surface area (Å²) in [6.45, 7) is 3.83. The Morgan fingerprint density at radius 2 is 1.76 bits per heavy atom. The zero-order chi connectivity index (χ0) is 12.3. The number of halogens is 2. The average Bonchev–Trinajstić information content (AvgIpc) is 2.74. The molecule has 1 heterocycles. The van der Waals surface area contributed by atoms with Gasteiger partial charge in [-0.05, 0) is 38.1 Å². The van der Waals surface area contributed by atoms with Crippen LogP contribution in [0.3, 0.4) is 0 Å². The summed E-state index contributed by atoms with van der Waals surface area (Å²) in [4.78, 5) is 2.37. The maximum Gasteiger partial charge on any atom is 0.156 e. The number of hydrogen-bond donors (Lipinski definition) is 1. The van der Waals surface area contributed by atoms with Crippen molar-refractivity contribution in [2.75, 3.05) is 32.0 Å². The lowest BCUT2D eigenvalue weighted by Crippen LogP contribution is -2.25. The zero-order valence-corrected chi connectivity index (χ0v) is 11.1. The zero-order valence-electron chi connectivity index (χ0n) is 9.59. The van der Waals surface area contributed by atoms with Crippen molar-refractivity contribution in [1.82, 2.24) is 4.90 Å². The number of likely N-dealkylation sites (tertiary alicyclic amines) is 1. The van der Waals surface area contributed by atoms with E-state index in [2.05, 4.69) is 4.90 Å². The molecular weight excluding hydrogens is 259 g/mol. The fourth-order valence-corrected chi connectivity index (χ4v) is 2.61. The van der Waals surface area contributed by atoms with Gasteiger partial charge in [0.2, 0.25) is 0 Å². The van der Waals surface area contributed by atoms with Crippen LogP contribution in [0.1, 0.15) is 12.8 Å². The number of rotatable bonds is 4. The standard InChI is InChI=1S/C12H16Cl2N2O/c13-10-7-9(15)8-11(14)12(10)17-6-5-16-3-1-2-4-16/h7-8H,1-6,15H2. The number of nitrogen functional groups attached to an aromatic ring is 1. The van der Waals surface area contributed by atoms with Crippen molar-refractivity contribution in [2.45, 2.75) is 12.8 Å². The molecule has 2 N–H and O–H groups in total. The molecule has 0 aromatic heterocycles. The number of nitrogens with zero attached hydrogens (tertiary/aromatic N) is 1. The molecule has 0 atom stereocenters. The SMILES string of the molecule is Nc1cc(Cl)c(OCCN2CCCC2)c(Cl)c1. The van der Waals surface area contributed by atoms with Crippen LogP contribution in [0.15, 0.2) is 12.1 Å². The van der Waals surface area contributed by atoms with E-state index in [9.17, 15) is 0 Å². The molecule has 0 aliphatic carbocycles. The van der Waals surface area contributed by atoms with Crippen molar-refractivity contribution >= 4 is 28.9 Å². The summed E-state index contributed by atoms with van der Waals surface area (Å²) < 4.78 is 5.62. The molecule has 0 radical (unpaired) electrons. The van der Waals surface area contributed by atoms with Crippen LogP contribution >= 0.6 is 23.2 Å². The number of nitrogens with two attached hydrogens (primary N) is 1. The summed E-state index contributed by atoms with van der Waals surface area (Å²) in [5.74, 6) is 0.529. The van der Waals surface area contributed by atoms with Gasteiger partial charge in [-0.1, -0.05) is 23.2 Å². The molecule has 94 valence electrons. The normalized spacial score (nSPS) is 16.4. The van der Waals surface area contributed by atoms with Gasteiger partial charge in [0.15, 0.2) is 5.75 Å². The molecule has 17 heavy (non-hydrogen) atoms. The first-order valence-electron chi connectivity index (χ1n) is 5.76. The fraction of sp³-hybridized carbons (Fsp3) is 0.500. The Morgan fingerprint density at radius 1 is 1.18 bits per heavy atom. The minimum Gasteiger partial charge on any atom is -0.489 e. The van der Waals surface area contributed by atoms with Gasteiger partial charge in [-0.25, -0.2) is 0 Å². The van der Waals surface area contributed by atoms with E-state index in [-0.39, 0.29) is 0 Å². The molecule has 1 aromatic carbocycles. The van der Waals surface area contributed by atoms with E-state index in [1.807, 2.05) is 0 Å². The summed E-state index contributed by atoms with van der Waals surface area (Å²) >= 11 is 12.1. The highest BCUT2D eigenvalue weighted by molar-refractivity contribution is 6.37.